The van der Waals surface area contributed by atoms with E-state index in [2.05, 4.69) is 34.7 Å². The smallest absolute Gasteiger partial charge is 0.310 e. The van der Waals surface area contributed by atoms with Gasteiger partial charge in [0, 0.05) is 20.1 Å². The second kappa shape index (κ2) is 13.9. The molecular weight excluding hydrogens is 433 g/mol. The van der Waals surface area contributed by atoms with Crippen molar-refractivity contribution in [1.29, 1.82) is 0 Å². The molecule has 0 aliphatic carbocycles. The maximum absolute atomic E-state index is 11.4. The molecule has 0 aromatic heterocycles. The Bertz CT molecular complexity index is 512. The summed E-state index contributed by atoms with van der Waals surface area (Å²) in [5.74, 6) is 0.548. The summed E-state index contributed by atoms with van der Waals surface area (Å²) in [6, 6.07) is 10.1. The molecule has 1 rings (SSSR count). The van der Waals surface area contributed by atoms with Gasteiger partial charge in [0.25, 0.3) is 0 Å². The van der Waals surface area contributed by atoms with Gasteiger partial charge in [-0.15, -0.1) is 24.0 Å². The number of benzene rings is 1. The van der Waals surface area contributed by atoms with Crippen LogP contribution in [-0.4, -0.2) is 45.8 Å². The maximum atomic E-state index is 11.4. The molecule has 6 nitrogen and oxygen atoms in total. The highest BCUT2D eigenvalue weighted by Gasteiger charge is 2.13. The van der Waals surface area contributed by atoms with Gasteiger partial charge in [-0.05, 0) is 11.5 Å². The third-order valence-electron chi connectivity index (χ3n) is 3.53. The number of aliphatic imine (C=N–C) groups is 1. The van der Waals surface area contributed by atoms with E-state index in [0.29, 0.717) is 31.6 Å². The van der Waals surface area contributed by atoms with Crippen LogP contribution in [0.4, 0.5) is 0 Å². The largest absolute Gasteiger partial charge is 0.469 e. The van der Waals surface area contributed by atoms with E-state index in [1.54, 1.807) is 7.05 Å². The summed E-state index contributed by atoms with van der Waals surface area (Å²) in [5, 5.41) is 6.36. The Morgan fingerprint density at radius 1 is 1.16 bits per heavy atom. The van der Waals surface area contributed by atoms with E-state index in [0.717, 1.165) is 6.54 Å². The Hall–Kier alpha value is -1.35. The molecule has 1 aromatic carbocycles. The summed E-state index contributed by atoms with van der Waals surface area (Å²) in [5.41, 5.74) is 1.17. The molecule has 0 spiro atoms. The number of hydrogen-bond acceptors (Lipinski definition) is 4. The summed E-state index contributed by atoms with van der Waals surface area (Å²) in [7, 11) is 3.09. The van der Waals surface area contributed by atoms with Crippen LogP contribution in [0.25, 0.3) is 0 Å². The van der Waals surface area contributed by atoms with Crippen LogP contribution in [0.5, 0.6) is 0 Å². The lowest BCUT2D eigenvalue weighted by atomic mass is 10.2. The topological polar surface area (TPSA) is 72.0 Å². The number of hydrogen-bond donors (Lipinski definition) is 2. The van der Waals surface area contributed by atoms with Crippen molar-refractivity contribution < 1.29 is 14.3 Å². The fourth-order valence-corrected chi connectivity index (χ4v) is 2.04. The Labute approximate surface area is 167 Å². The van der Waals surface area contributed by atoms with Gasteiger partial charge in [-0.3, -0.25) is 9.79 Å². The van der Waals surface area contributed by atoms with Crippen LogP contribution in [-0.2, 0) is 20.9 Å². The zero-order valence-electron chi connectivity index (χ0n) is 15.5. The van der Waals surface area contributed by atoms with Crippen LogP contribution < -0.4 is 10.6 Å². The fourth-order valence-electron chi connectivity index (χ4n) is 2.04. The number of rotatable bonds is 9. The number of nitrogens with zero attached hydrogens (tertiary/aromatic N) is 1. The molecule has 0 aliphatic heterocycles. The number of nitrogens with one attached hydrogen (secondary N) is 2. The van der Waals surface area contributed by atoms with Crippen molar-refractivity contribution in [2.75, 3.05) is 33.9 Å². The quantitative estimate of drug-likeness (QED) is 0.255. The Morgan fingerprint density at radius 3 is 2.40 bits per heavy atom. The predicted octanol–water partition coefficient (Wildman–Crippen LogP) is 2.43. The van der Waals surface area contributed by atoms with Gasteiger partial charge in [0.1, 0.15) is 0 Å². The lowest BCUT2D eigenvalue weighted by Crippen LogP contribution is -2.42. The van der Waals surface area contributed by atoms with Crippen molar-refractivity contribution in [3.8, 4) is 0 Å². The van der Waals surface area contributed by atoms with Crippen LogP contribution in [0.15, 0.2) is 35.3 Å². The minimum Gasteiger partial charge on any atom is -0.469 e. The van der Waals surface area contributed by atoms with Gasteiger partial charge in [-0.2, -0.15) is 0 Å². The molecule has 142 valence electrons. The summed E-state index contributed by atoms with van der Waals surface area (Å²) >= 11 is 0. The number of carbonyl (C=O) groups excluding carboxylic acids is 1. The number of esters is 1. The van der Waals surface area contributed by atoms with E-state index in [1.165, 1.54) is 12.7 Å². The van der Waals surface area contributed by atoms with E-state index >= 15 is 0 Å². The van der Waals surface area contributed by atoms with Crippen LogP contribution in [0.3, 0.4) is 0 Å². The molecule has 0 heterocycles. The number of ether oxygens (including phenoxy) is 2. The lowest BCUT2D eigenvalue weighted by molar-refractivity contribution is -0.144. The van der Waals surface area contributed by atoms with Crippen molar-refractivity contribution in [2.24, 2.45) is 16.8 Å². The molecule has 0 bridgehead atoms. The highest BCUT2D eigenvalue weighted by atomic mass is 127. The van der Waals surface area contributed by atoms with Crippen molar-refractivity contribution in [3.05, 3.63) is 35.9 Å². The normalized spacial score (nSPS) is 13.4. The van der Waals surface area contributed by atoms with Gasteiger partial charge < -0.3 is 20.1 Å². The second-order valence-electron chi connectivity index (χ2n) is 5.86. The molecule has 7 heteroatoms. The molecule has 0 aliphatic rings. The number of methoxy groups -OCH3 is 1. The van der Waals surface area contributed by atoms with Crippen molar-refractivity contribution >= 4 is 35.9 Å². The third-order valence-corrected chi connectivity index (χ3v) is 3.53. The first kappa shape index (κ1) is 23.6. The van der Waals surface area contributed by atoms with Gasteiger partial charge in [-0.25, -0.2) is 0 Å². The number of guanidine groups is 1. The maximum Gasteiger partial charge on any atom is 0.310 e. The van der Waals surface area contributed by atoms with Crippen LogP contribution in [0.2, 0.25) is 0 Å². The summed E-state index contributed by atoms with van der Waals surface area (Å²) in [6.07, 6.45) is 0. The SMILES string of the molecule is CN=C(NCC(C)COCc1ccccc1)NCC(C)C(=O)OC.I. The minimum absolute atomic E-state index is 0. The molecule has 2 atom stereocenters. The molecule has 25 heavy (non-hydrogen) atoms. The molecular formula is C18H30IN3O3. The molecule has 0 saturated carbocycles. The monoisotopic (exact) mass is 463 g/mol. The fraction of sp³-hybridized carbons (Fsp3) is 0.556. The molecule has 0 amide bonds. The first-order chi connectivity index (χ1) is 11.6. The van der Waals surface area contributed by atoms with E-state index in [9.17, 15) is 4.79 Å². The highest BCUT2D eigenvalue weighted by Crippen LogP contribution is 2.03. The molecule has 0 fully saturated rings. The van der Waals surface area contributed by atoms with E-state index in [1.807, 2.05) is 25.1 Å². The molecule has 2 N–H and O–H groups in total. The zero-order valence-corrected chi connectivity index (χ0v) is 17.8. The summed E-state index contributed by atoms with van der Waals surface area (Å²) in [4.78, 5) is 15.5. The van der Waals surface area contributed by atoms with Gasteiger partial charge in [0.2, 0.25) is 0 Å². The van der Waals surface area contributed by atoms with Gasteiger partial charge in [0.15, 0.2) is 5.96 Å². The Kier molecular flexibility index (Phi) is 13.1. The highest BCUT2D eigenvalue weighted by molar-refractivity contribution is 14.0. The average molecular weight is 463 g/mol. The minimum atomic E-state index is -0.236. The van der Waals surface area contributed by atoms with Crippen molar-refractivity contribution in [2.45, 2.75) is 20.5 Å². The van der Waals surface area contributed by atoms with E-state index in [-0.39, 0.29) is 35.9 Å². The van der Waals surface area contributed by atoms with Crippen LogP contribution in [0.1, 0.15) is 19.4 Å². The first-order valence-corrected chi connectivity index (χ1v) is 8.20. The molecule has 2 unspecified atom stereocenters. The van der Waals surface area contributed by atoms with Crippen molar-refractivity contribution in [1.82, 2.24) is 10.6 Å². The van der Waals surface area contributed by atoms with E-state index in [4.69, 9.17) is 9.47 Å². The van der Waals surface area contributed by atoms with Gasteiger partial charge in [0.05, 0.1) is 26.2 Å². The molecule has 0 saturated heterocycles. The Morgan fingerprint density at radius 2 is 1.80 bits per heavy atom. The number of halogens is 1. The average Bonchev–Trinajstić information content (AvgIpc) is 2.61. The van der Waals surface area contributed by atoms with Crippen LogP contribution in [0, 0.1) is 11.8 Å². The molecule has 0 radical (unpaired) electrons. The van der Waals surface area contributed by atoms with Crippen LogP contribution >= 0.6 is 24.0 Å². The summed E-state index contributed by atoms with van der Waals surface area (Å²) in [6.45, 7) is 6.42. The first-order valence-electron chi connectivity index (χ1n) is 8.20. The Balaban J connectivity index is 0.00000576. The van der Waals surface area contributed by atoms with E-state index < -0.39 is 0 Å². The van der Waals surface area contributed by atoms with Gasteiger partial charge >= 0.3 is 5.97 Å². The standard InChI is InChI=1S/C18H29N3O3.HI/c1-14(12-24-13-16-8-6-5-7-9-16)10-20-18(19-3)21-11-15(2)17(22)23-4;/h5-9,14-15H,10-13H2,1-4H3,(H2,19,20,21);1H. The second-order valence-corrected chi connectivity index (χ2v) is 5.86. The van der Waals surface area contributed by atoms with Gasteiger partial charge in [-0.1, -0.05) is 44.2 Å². The molecule has 1 aromatic rings. The zero-order chi connectivity index (χ0) is 17.8. The van der Waals surface area contributed by atoms with Crippen molar-refractivity contribution in [3.63, 3.8) is 0 Å². The summed E-state index contributed by atoms with van der Waals surface area (Å²) < 4.78 is 10.4. The number of carbonyl (C=O) groups is 1. The third kappa shape index (κ3) is 10.3. The predicted molar refractivity (Wildman–Crippen MR) is 111 cm³/mol. The lowest BCUT2D eigenvalue weighted by Gasteiger charge is -2.17.